The molecule has 1 aromatic rings. The monoisotopic (exact) mass is 188 g/mol. The van der Waals surface area contributed by atoms with Gasteiger partial charge in [-0.25, -0.2) is 0 Å². The van der Waals surface area contributed by atoms with Gasteiger partial charge in [-0.2, -0.15) is 0 Å². The minimum atomic E-state index is -0.761. The van der Waals surface area contributed by atoms with E-state index in [9.17, 15) is 4.79 Å². The molecule has 1 heterocycles. The molecule has 0 spiro atoms. The Bertz CT molecular complexity index is 255. The van der Waals surface area contributed by atoms with Crippen LogP contribution in [0.2, 0.25) is 0 Å². The number of carbonyl (C=O) groups is 1. The highest BCUT2D eigenvalue weighted by atomic mass is 32.2. The lowest BCUT2D eigenvalue weighted by molar-refractivity contribution is -0.133. The Balaban J connectivity index is 2.51. The molecule has 0 unspecified atom stereocenters. The van der Waals surface area contributed by atoms with Crippen LogP contribution in [0, 0.1) is 6.92 Å². The smallest absolute Gasteiger partial charge is 0.313 e. The van der Waals surface area contributed by atoms with Crippen LogP contribution < -0.4 is 0 Å². The molecular weight excluding hydrogens is 180 g/mol. The number of hydrogen-bond acceptors (Lipinski definition) is 3. The lowest BCUT2D eigenvalue weighted by Crippen LogP contribution is -1.96. The molecule has 0 radical (unpaired) electrons. The van der Waals surface area contributed by atoms with Crippen molar-refractivity contribution in [1.29, 1.82) is 0 Å². The molecule has 11 heavy (non-hydrogen) atoms. The number of carboxylic acids is 1. The van der Waals surface area contributed by atoms with Gasteiger partial charge in [0.2, 0.25) is 0 Å². The maximum Gasteiger partial charge on any atom is 0.313 e. The molecular formula is C7H8O2S2. The fourth-order valence-electron chi connectivity index (χ4n) is 0.634. The van der Waals surface area contributed by atoms with Crippen LogP contribution in [-0.4, -0.2) is 16.8 Å². The van der Waals surface area contributed by atoms with Crippen molar-refractivity contribution < 1.29 is 9.90 Å². The van der Waals surface area contributed by atoms with Gasteiger partial charge in [-0.15, -0.1) is 23.1 Å². The number of aryl methyl sites for hydroxylation is 1. The normalized spacial score (nSPS) is 9.91. The molecule has 1 rings (SSSR count). The van der Waals surface area contributed by atoms with Crippen molar-refractivity contribution in [3.63, 3.8) is 0 Å². The molecule has 0 aliphatic heterocycles. The Morgan fingerprint density at radius 3 is 3.00 bits per heavy atom. The molecule has 0 bridgehead atoms. The molecule has 0 saturated carbocycles. The van der Waals surface area contributed by atoms with Crippen LogP contribution in [0.25, 0.3) is 0 Å². The molecule has 0 amide bonds. The number of thiophene rings is 1. The van der Waals surface area contributed by atoms with Crippen LogP contribution in [0.1, 0.15) is 5.56 Å². The maximum atomic E-state index is 10.2. The van der Waals surface area contributed by atoms with Gasteiger partial charge in [0.15, 0.2) is 0 Å². The van der Waals surface area contributed by atoms with Crippen LogP contribution in [-0.2, 0) is 4.79 Å². The van der Waals surface area contributed by atoms with Crippen molar-refractivity contribution in [1.82, 2.24) is 0 Å². The number of carboxylic acid groups (broad SMARTS) is 1. The highest BCUT2D eigenvalue weighted by Gasteiger charge is 2.02. The van der Waals surface area contributed by atoms with E-state index in [1.165, 1.54) is 17.3 Å². The standard InChI is InChI=1S/C7H8O2S2/c1-5-2-3-10-7(5)11-4-6(8)9/h2-3H,4H2,1H3,(H,8,9). The fraction of sp³-hybridized carbons (Fsp3) is 0.286. The van der Waals surface area contributed by atoms with Crippen molar-refractivity contribution >= 4 is 29.1 Å². The van der Waals surface area contributed by atoms with Crippen LogP contribution in [0.5, 0.6) is 0 Å². The van der Waals surface area contributed by atoms with Crippen molar-refractivity contribution in [2.45, 2.75) is 11.1 Å². The molecule has 0 saturated heterocycles. The molecule has 0 aliphatic carbocycles. The Morgan fingerprint density at radius 2 is 2.55 bits per heavy atom. The zero-order chi connectivity index (χ0) is 8.27. The molecule has 1 N–H and O–H groups in total. The number of hydrogen-bond donors (Lipinski definition) is 1. The summed E-state index contributed by atoms with van der Waals surface area (Å²) in [5.41, 5.74) is 1.17. The second-order valence-corrected chi connectivity index (χ2v) is 4.23. The largest absolute Gasteiger partial charge is 0.481 e. The Labute approximate surface area is 73.2 Å². The van der Waals surface area contributed by atoms with E-state index in [0.717, 1.165) is 4.21 Å². The third-order valence-corrected chi connectivity index (χ3v) is 3.57. The summed E-state index contributed by atoms with van der Waals surface area (Å²) in [7, 11) is 0. The molecule has 2 nitrogen and oxygen atoms in total. The molecule has 0 aromatic carbocycles. The number of aliphatic carboxylic acids is 1. The van der Waals surface area contributed by atoms with E-state index in [-0.39, 0.29) is 5.75 Å². The first-order valence-corrected chi connectivity index (χ1v) is 4.95. The quantitative estimate of drug-likeness (QED) is 0.739. The number of rotatable bonds is 3. The Kier molecular flexibility index (Phi) is 2.96. The second-order valence-electron chi connectivity index (χ2n) is 2.07. The minimum absolute atomic E-state index is 0.154. The van der Waals surface area contributed by atoms with E-state index in [1.807, 2.05) is 18.4 Å². The van der Waals surface area contributed by atoms with E-state index in [4.69, 9.17) is 5.11 Å². The predicted molar refractivity (Wildman–Crippen MR) is 47.4 cm³/mol. The first-order chi connectivity index (χ1) is 5.20. The lowest BCUT2D eigenvalue weighted by atomic mass is 10.4. The molecule has 1 aromatic heterocycles. The number of thioether (sulfide) groups is 1. The van der Waals surface area contributed by atoms with E-state index in [2.05, 4.69) is 0 Å². The first kappa shape index (κ1) is 8.62. The lowest BCUT2D eigenvalue weighted by Gasteiger charge is -1.93. The predicted octanol–water partition coefficient (Wildman–Crippen LogP) is 2.23. The summed E-state index contributed by atoms with van der Waals surface area (Å²) in [6, 6.07) is 1.99. The second kappa shape index (κ2) is 3.78. The van der Waals surface area contributed by atoms with E-state index in [1.54, 1.807) is 11.3 Å². The zero-order valence-electron chi connectivity index (χ0n) is 6.03. The van der Waals surface area contributed by atoms with E-state index >= 15 is 0 Å². The van der Waals surface area contributed by atoms with Gasteiger partial charge in [0.1, 0.15) is 0 Å². The average Bonchev–Trinajstić information content (AvgIpc) is 2.31. The minimum Gasteiger partial charge on any atom is -0.481 e. The zero-order valence-corrected chi connectivity index (χ0v) is 7.67. The summed E-state index contributed by atoms with van der Waals surface area (Å²) < 4.78 is 1.10. The van der Waals surface area contributed by atoms with Crippen LogP contribution in [0.15, 0.2) is 15.7 Å². The van der Waals surface area contributed by atoms with Gasteiger partial charge in [0, 0.05) is 0 Å². The van der Waals surface area contributed by atoms with E-state index in [0.29, 0.717) is 0 Å². The van der Waals surface area contributed by atoms with Gasteiger partial charge < -0.3 is 5.11 Å². The SMILES string of the molecule is Cc1ccsc1SCC(=O)O. The van der Waals surface area contributed by atoms with Gasteiger partial charge >= 0.3 is 5.97 Å². The van der Waals surface area contributed by atoms with Crippen molar-refractivity contribution in [3.05, 3.63) is 17.0 Å². The van der Waals surface area contributed by atoms with Crippen molar-refractivity contribution in [2.24, 2.45) is 0 Å². The van der Waals surface area contributed by atoms with Gasteiger partial charge in [-0.05, 0) is 23.9 Å². The van der Waals surface area contributed by atoms with Crippen molar-refractivity contribution in [3.8, 4) is 0 Å². The molecule has 4 heteroatoms. The topological polar surface area (TPSA) is 37.3 Å². The third-order valence-electron chi connectivity index (χ3n) is 1.14. The third kappa shape index (κ3) is 2.55. The highest BCUT2D eigenvalue weighted by Crippen LogP contribution is 2.27. The summed E-state index contributed by atoms with van der Waals surface area (Å²) in [5, 5.41) is 10.4. The van der Waals surface area contributed by atoms with Gasteiger partial charge in [-0.1, -0.05) is 0 Å². The Morgan fingerprint density at radius 1 is 1.82 bits per heavy atom. The molecule has 0 fully saturated rings. The first-order valence-electron chi connectivity index (χ1n) is 3.09. The molecule has 0 atom stereocenters. The molecule has 0 aliphatic rings. The summed E-state index contributed by atoms with van der Waals surface area (Å²) in [4.78, 5) is 10.2. The van der Waals surface area contributed by atoms with Crippen molar-refractivity contribution in [2.75, 3.05) is 5.75 Å². The molecule has 60 valence electrons. The van der Waals surface area contributed by atoms with E-state index < -0.39 is 5.97 Å². The van der Waals surface area contributed by atoms with Crippen LogP contribution in [0.4, 0.5) is 0 Å². The van der Waals surface area contributed by atoms with Crippen LogP contribution in [0.3, 0.4) is 0 Å². The van der Waals surface area contributed by atoms with Crippen LogP contribution >= 0.6 is 23.1 Å². The average molecular weight is 188 g/mol. The van der Waals surface area contributed by atoms with Gasteiger partial charge in [0.25, 0.3) is 0 Å². The van der Waals surface area contributed by atoms with Gasteiger partial charge in [0.05, 0.1) is 9.96 Å². The fourth-order valence-corrected chi connectivity index (χ4v) is 2.45. The van der Waals surface area contributed by atoms with Gasteiger partial charge in [-0.3, -0.25) is 4.79 Å². The maximum absolute atomic E-state index is 10.2. The highest BCUT2D eigenvalue weighted by molar-refractivity contribution is 8.01. The Hall–Kier alpha value is -0.480. The summed E-state index contributed by atoms with van der Waals surface area (Å²) in [5.74, 6) is -0.607. The summed E-state index contributed by atoms with van der Waals surface area (Å²) >= 11 is 2.97. The summed E-state index contributed by atoms with van der Waals surface area (Å²) in [6.07, 6.45) is 0. The summed E-state index contributed by atoms with van der Waals surface area (Å²) in [6.45, 7) is 1.99.